The van der Waals surface area contributed by atoms with Crippen LogP contribution in [0.15, 0.2) is 12.3 Å². The molecule has 0 radical (unpaired) electrons. The largest absolute Gasteiger partial charge is 0.353 e. The van der Waals surface area contributed by atoms with Crippen molar-refractivity contribution in [3.8, 4) is 0 Å². The molecule has 0 aliphatic carbocycles. The van der Waals surface area contributed by atoms with Crippen LogP contribution in [-0.2, 0) is 9.59 Å². The van der Waals surface area contributed by atoms with Crippen molar-refractivity contribution in [1.82, 2.24) is 20.6 Å². The summed E-state index contributed by atoms with van der Waals surface area (Å²) in [5, 5.41) is 8.03. The van der Waals surface area contributed by atoms with Gasteiger partial charge in [-0.3, -0.25) is 14.9 Å². The zero-order valence-electron chi connectivity index (χ0n) is 8.74. The maximum absolute atomic E-state index is 11.8. The average molecular weight is 256 g/mol. The van der Waals surface area contributed by atoms with Gasteiger partial charge in [0, 0.05) is 12.7 Å². The molecule has 8 heteroatoms. The summed E-state index contributed by atoms with van der Waals surface area (Å²) in [5.41, 5.74) is 0. The lowest BCUT2D eigenvalue weighted by molar-refractivity contribution is -0.124. The number of rotatable bonds is 2. The Morgan fingerprint density at radius 2 is 2.41 bits per heavy atom. The molecule has 3 N–H and O–H groups in total. The Bertz CT molecular complexity index is 443. The van der Waals surface area contributed by atoms with Crippen molar-refractivity contribution in [2.45, 2.75) is 6.04 Å². The molecule has 0 spiro atoms. The Morgan fingerprint density at radius 3 is 3.06 bits per heavy atom. The number of hydrogen-bond donors (Lipinski definition) is 3. The monoisotopic (exact) mass is 255 g/mol. The summed E-state index contributed by atoms with van der Waals surface area (Å²) >= 11 is 5.59. The summed E-state index contributed by atoms with van der Waals surface area (Å²) < 4.78 is 0. The zero-order valence-corrected chi connectivity index (χ0v) is 9.49. The summed E-state index contributed by atoms with van der Waals surface area (Å²) in [4.78, 5) is 30.2. The lowest BCUT2D eigenvalue weighted by Crippen LogP contribution is -2.56. The summed E-state index contributed by atoms with van der Waals surface area (Å²) in [6.45, 7) is 0.381. The molecule has 1 aliphatic rings. The standard InChI is InChI=1S/C9H10ClN5O2/c10-9-11-2-1-6(15-9)14-8(17)5-3-13-7(16)4-12-5/h1-2,5,12H,3-4H2,(H,13,16)(H,11,14,15,17). The molecule has 1 atom stereocenters. The van der Waals surface area contributed by atoms with Crippen molar-refractivity contribution >= 4 is 29.2 Å². The second-order valence-corrected chi connectivity index (χ2v) is 3.78. The lowest BCUT2D eigenvalue weighted by atomic mass is 10.2. The van der Waals surface area contributed by atoms with Gasteiger partial charge in [-0.25, -0.2) is 9.97 Å². The molecule has 1 aromatic heterocycles. The van der Waals surface area contributed by atoms with Crippen molar-refractivity contribution in [1.29, 1.82) is 0 Å². The Balaban J connectivity index is 1.95. The smallest absolute Gasteiger partial charge is 0.244 e. The van der Waals surface area contributed by atoms with Gasteiger partial charge in [-0.15, -0.1) is 0 Å². The molecule has 0 bridgehead atoms. The third-order valence-electron chi connectivity index (χ3n) is 2.21. The fraction of sp³-hybridized carbons (Fsp3) is 0.333. The van der Waals surface area contributed by atoms with Gasteiger partial charge in [0.1, 0.15) is 11.9 Å². The van der Waals surface area contributed by atoms with E-state index in [4.69, 9.17) is 11.6 Å². The molecule has 17 heavy (non-hydrogen) atoms. The minimum atomic E-state index is -0.471. The highest BCUT2D eigenvalue weighted by molar-refractivity contribution is 6.28. The first kappa shape index (κ1) is 11.7. The Hall–Kier alpha value is -1.73. The highest BCUT2D eigenvalue weighted by atomic mass is 35.5. The van der Waals surface area contributed by atoms with Gasteiger partial charge >= 0.3 is 0 Å². The fourth-order valence-electron chi connectivity index (χ4n) is 1.37. The van der Waals surface area contributed by atoms with Gasteiger partial charge in [0.15, 0.2) is 0 Å². The predicted molar refractivity (Wildman–Crippen MR) is 60.5 cm³/mol. The van der Waals surface area contributed by atoms with Crippen LogP contribution in [0.3, 0.4) is 0 Å². The Labute approximate surface area is 102 Å². The molecule has 7 nitrogen and oxygen atoms in total. The molecule has 2 rings (SSSR count). The summed E-state index contributed by atoms with van der Waals surface area (Å²) in [7, 11) is 0. The van der Waals surface area contributed by atoms with Gasteiger partial charge in [0.05, 0.1) is 6.54 Å². The van der Waals surface area contributed by atoms with Crippen molar-refractivity contribution < 1.29 is 9.59 Å². The molecule has 1 aromatic rings. The van der Waals surface area contributed by atoms with Gasteiger partial charge in [-0.1, -0.05) is 0 Å². The highest BCUT2D eigenvalue weighted by Crippen LogP contribution is 2.06. The number of halogens is 1. The molecule has 2 heterocycles. The summed E-state index contributed by atoms with van der Waals surface area (Å²) in [6, 6.07) is 1.06. The van der Waals surface area contributed by atoms with Gasteiger partial charge in [-0.05, 0) is 17.7 Å². The van der Waals surface area contributed by atoms with E-state index in [-0.39, 0.29) is 30.2 Å². The average Bonchev–Trinajstić information content (AvgIpc) is 2.29. The van der Waals surface area contributed by atoms with Crippen molar-refractivity contribution in [2.75, 3.05) is 18.4 Å². The normalized spacial score (nSPS) is 19.6. The highest BCUT2D eigenvalue weighted by Gasteiger charge is 2.23. The van der Waals surface area contributed by atoms with E-state index < -0.39 is 6.04 Å². The fourth-order valence-corrected chi connectivity index (χ4v) is 1.52. The van der Waals surface area contributed by atoms with Crippen LogP contribution in [-0.4, -0.2) is 40.9 Å². The number of hydrogen-bond acceptors (Lipinski definition) is 5. The van der Waals surface area contributed by atoms with E-state index in [2.05, 4.69) is 25.9 Å². The number of nitrogens with one attached hydrogen (secondary N) is 3. The van der Waals surface area contributed by atoms with Gasteiger partial charge in [-0.2, -0.15) is 0 Å². The summed E-state index contributed by atoms with van der Waals surface area (Å²) in [5.74, 6) is -0.0763. The van der Waals surface area contributed by atoms with Crippen LogP contribution >= 0.6 is 11.6 Å². The molecule has 1 fully saturated rings. The molecule has 2 amide bonds. The molecule has 1 aliphatic heterocycles. The maximum Gasteiger partial charge on any atom is 0.244 e. The number of carbonyl (C=O) groups excluding carboxylic acids is 2. The first-order valence-electron chi connectivity index (χ1n) is 4.94. The second-order valence-electron chi connectivity index (χ2n) is 3.44. The quantitative estimate of drug-likeness (QED) is 0.599. The molecule has 0 saturated carbocycles. The molecule has 0 aromatic carbocycles. The molecule has 1 unspecified atom stereocenters. The number of amides is 2. The zero-order chi connectivity index (χ0) is 12.3. The van der Waals surface area contributed by atoms with E-state index in [1.54, 1.807) is 0 Å². The molecular weight excluding hydrogens is 246 g/mol. The van der Waals surface area contributed by atoms with Crippen LogP contribution in [0.4, 0.5) is 5.82 Å². The van der Waals surface area contributed by atoms with Crippen molar-refractivity contribution in [3.63, 3.8) is 0 Å². The van der Waals surface area contributed by atoms with Crippen LogP contribution < -0.4 is 16.0 Å². The molecule has 90 valence electrons. The van der Waals surface area contributed by atoms with Gasteiger partial charge in [0.25, 0.3) is 0 Å². The number of piperazine rings is 1. The van der Waals surface area contributed by atoms with Crippen molar-refractivity contribution in [3.05, 3.63) is 17.5 Å². The Kier molecular flexibility index (Phi) is 3.50. The minimum absolute atomic E-state index is 0.0627. The van der Waals surface area contributed by atoms with Gasteiger partial charge in [0.2, 0.25) is 17.1 Å². The topological polar surface area (TPSA) is 96.0 Å². The number of nitrogens with zero attached hydrogens (tertiary/aromatic N) is 2. The van der Waals surface area contributed by atoms with Crippen molar-refractivity contribution in [2.24, 2.45) is 0 Å². The minimum Gasteiger partial charge on any atom is -0.353 e. The first-order valence-corrected chi connectivity index (χ1v) is 5.32. The van der Waals surface area contributed by atoms with E-state index in [1.807, 2.05) is 0 Å². The van der Waals surface area contributed by atoms with E-state index in [0.29, 0.717) is 5.82 Å². The van der Waals surface area contributed by atoms with E-state index in [1.165, 1.54) is 12.3 Å². The first-order chi connectivity index (χ1) is 8.15. The maximum atomic E-state index is 11.8. The third kappa shape index (κ3) is 3.11. The van der Waals surface area contributed by atoms with Crippen LogP contribution in [0.1, 0.15) is 0 Å². The third-order valence-corrected chi connectivity index (χ3v) is 2.39. The molecular formula is C9H10ClN5O2. The predicted octanol–water partition coefficient (Wildman–Crippen LogP) is -0.843. The van der Waals surface area contributed by atoms with E-state index >= 15 is 0 Å². The van der Waals surface area contributed by atoms with Crippen LogP contribution in [0.25, 0.3) is 0 Å². The SMILES string of the molecule is O=C1CNC(C(=O)Nc2ccnc(Cl)n2)CN1. The second kappa shape index (κ2) is 5.07. The number of carbonyl (C=O) groups is 2. The summed E-state index contributed by atoms with van der Waals surface area (Å²) in [6.07, 6.45) is 1.45. The Morgan fingerprint density at radius 1 is 1.59 bits per heavy atom. The van der Waals surface area contributed by atoms with E-state index in [0.717, 1.165) is 0 Å². The molecule has 1 saturated heterocycles. The van der Waals surface area contributed by atoms with Gasteiger partial charge < -0.3 is 10.6 Å². The van der Waals surface area contributed by atoms with E-state index in [9.17, 15) is 9.59 Å². The lowest BCUT2D eigenvalue weighted by Gasteiger charge is -2.22. The number of anilines is 1. The van der Waals surface area contributed by atoms with Crippen LogP contribution in [0.5, 0.6) is 0 Å². The van der Waals surface area contributed by atoms with Crippen LogP contribution in [0, 0.1) is 0 Å². The number of aromatic nitrogens is 2. The van der Waals surface area contributed by atoms with Crippen LogP contribution in [0.2, 0.25) is 5.28 Å².